The maximum absolute atomic E-state index is 8.96. The second-order valence-corrected chi connectivity index (χ2v) is 5.62. The summed E-state index contributed by atoms with van der Waals surface area (Å²) in [6.45, 7) is 0.600. The van der Waals surface area contributed by atoms with Crippen molar-refractivity contribution in [1.29, 1.82) is 26.3 Å². The summed E-state index contributed by atoms with van der Waals surface area (Å²) in [6.07, 6.45) is 2.86. The van der Waals surface area contributed by atoms with E-state index in [1.807, 2.05) is 12.1 Å². The fourth-order valence-electron chi connectivity index (χ4n) is 2.94. The van der Waals surface area contributed by atoms with Crippen LogP contribution in [0, 0.1) is 74.4 Å². The van der Waals surface area contributed by atoms with E-state index in [2.05, 4.69) is 18.2 Å². The van der Waals surface area contributed by atoms with Gasteiger partial charge in [-0.3, -0.25) is 0 Å². The quantitative estimate of drug-likeness (QED) is 0.443. The van der Waals surface area contributed by atoms with Crippen LogP contribution in [0.25, 0.3) is 0 Å². The van der Waals surface area contributed by atoms with Crippen LogP contribution in [-0.4, -0.2) is 26.4 Å². The van der Waals surface area contributed by atoms with Crippen LogP contribution in [0.1, 0.15) is 38.5 Å². The van der Waals surface area contributed by atoms with Gasteiger partial charge in [-0.1, -0.05) is 0 Å². The van der Waals surface area contributed by atoms with E-state index in [4.69, 9.17) is 35.8 Å². The smallest absolute Gasteiger partial charge is 0.133 e. The molecule has 2 unspecified atom stereocenters. The molecule has 132 valence electrons. The Balaban J connectivity index is 5.22. The highest BCUT2D eigenvalue weighted by Crippen LogP contribution is 2.33. The van der Waals surface area contributed by atoms with E-state index in [0.717, 1.165) is 0 Å². The lowest BCUT2D eigenvalue weighted by molar-refractivity contribution is 0.0330. The van der Waals surface area contributed by atoms with Crippen LogP contribution >= 0.6 is 0 Å². The van der Waals surface area contributed by atoms with E-state index in [0.29, 0.717) is 51.7 Å². The third-order valence-electron chi connectivity index (χ3n) is 4.05. The molecule has 0 aromatic carbocycles. The van der Waals surface area contributed by atoms with Gasteiger partial charge in [-0.15, -0.1) is 0 Å². The SMILES string of the molecule is N#CCCC(COCC#N)C(CCC#N)C(CCC#N)COCC#N. The van der Waals surface area contributed by atoms with Crippen molar-refractivity contribution in [2.45, 2.75) is 38.5 Å². The number of rotatable bonds is 14. The van der Waals surface area contributed by atoms with Crippen LogP contribution in [-0.2, 0) is 9.47 Å². The van der Waals surface area contributed by atoms with E-state index in [-0.39, 0.29) is 31.0 Å². The van der Waals surface area contributed by atoms with Crippen molar-refractivity contribution in [3.8, 4) is 30.3 Å². The standard InChI is InChI=1S/C18H23N5O2/c19-7-1-4-16(14-24-12-10-22)18(6-3-9-21)17(5-2-8-20)15-25-13-11-23/h16-18H,1-6,12-15H2. The van der Waals surface area contributed by atoms with Crippen LogP contribution in [0.15, 0.2) is 0 Å². The van der Waals surface area contributed by atoms with Gasteiger partial charge in [-0.05, 0) is 37.0 Å². The van der Waals surface area contributed by atoms with Crippen LogP contribution in [0.4, 0.5) is 0 Å². The van der Waals surface area contributed by atoms with Crippen LogP contribution in [0.2, 0.25) is 0 Å². The van der Waals surface area contributed by atoms with Crippen LogP contribution in [0.3, 0.4) is 0 Å². The highest BCUT2D eigenvalue weighted by Gasteiger charge is 2.29. The molecule has 0 radical (unpaired) electrons. The summed E-state index contributed by atoms with van der Waals surface area (Å²) in [6, 6.07) is 10.2. The monoisotopic (exact) mass is 341 g/mol. The molecule has 25 heavy (non-hydrogen) atoms. The van der Waals surface area contributed by atoms with Crippen molar-refractivity contribution < 1.29 is 9.47 Å². The Morgan fingerprint density at radius 3 is 1.32 bits per heavy atom. The molecule has 0 amide bonds. The average Bonchev–Trinajstić information content (AvgIpc) is 2.63. The molecule has 0 aromatic rings. The number of nitrogens with zero attached hydrogens (tertiary/aromatic N) is 5. The molecule has 0 aliphatic heterocycles. The van der Waals surface area contributed by atoms with E-state index < -0.39 is 0 Å². The van der Waals surface area contributed by atoms with Gasteiger partial charge in [0.05, 0.1) is 43.6 Å². The maximum Gasteiger partial charge on any atom is 0.133 e. The molecule has 0 bridgehead atoms. The zero-order valence-corrected chi connectivity index (χ0v) is 14.4. The van der Waals surface area contributed by atoms with Gasteiger partial charge in [0.1, 0.15) is 13.2 Å². The minimum Gasteiger partial charge on any atom is -0.366 e. The molecular weight excluding hydrogens is 318 g/mol. The molecule has 0 rings (SSSR count). The maximum atomic E-state index is 8.96. The summed E-state index contributed by atoms with van der Waals surface area (Å²) in [5, 5.41) is 44.0. The van der Waals surface area contributed by atoms with Crippen molar-refractivity contribution >= 4 is 0 Å². The Labute approximate surface area is 149 Å². The fourth-order valence-corrected chi connectivity index (χ4v) is 2.94. The molecule has 0 heterocycles. The molecule has 7 heteroatoms. The Hall–Kier alpha value is -2.63. The summed E-state index contributed by atoms with van der Waals surface area (Å²) in [4.78, 5) is 0. The van der Waals surface area contributed by atoms with E-state index in [1.165, 1.54) is 0 Å². The van der Waals surface area contributed by atoms with Crippen LogP contribution in [0.5, 0.6) is 0 Å². The van der Waals surface area contributed by atoms with Crippen LogP contribution < -0.4 is 0 Å². The van der Waals surface area contributed by atoms with Crippen molar-refractivity contribution in [3.05, 3.63) is 0 Å². The second kappa shape index (κ2) is 16.2. The molecule has 2 atom stereocenters. The predicted molar refractivity (Wildman–Crippen MR) is 87.9 cm³/mol. The molecule has 0 fully saturated rings. The lowest BCUT2D eigenvalue weighted by Gasteiger charge is -2.32. The summed E-state index contributed by atoms with van der Waals surface area (Å²) >= 11 is 0. The van der Waals surface area contributed by atoms with E-state index in [1.54, 1.807) is 0 Å². The van der Waals surface area contributed by atoms with Gasteiger partial charge >= 0.3 is 0 Å². The third-order valence-corrected chi connectivity index (χ3v) is 4.05. The molecule has 0 aliphatic carbocycles. The molecule has 0 aliphatic rings. The van der Waals surface area contributed by atoms with E-state index in [9.17, 15) is 0 Å². The normalized spacial score (nSPS) is 13.2. The van der Waals surface area contributed by atoms with Crippen molar-refractivity contribution in [2.75, 3.05) is 26.4 Å². The summed E-state index contributed by atoms with van der Waals surface area (Å²) in [5.41, 5.74) is 0. The van der Waals surface area contributed by atoms with Gasteiger partial charge in [0.15, 0.2) is 0 Å². The Morgan fingerprint density at radius 2 is 0.960 bits per heavy atom. The Bertz CT molecular complexity index is 516. The molecule has 0 saturated carbocycles. The molecule has 7 nitrogen and oxygen atoms in total. The average molecular weight is 341 g/mol. The highest BCUT2D eigenvalue weighted by atomic mass is 16.5. The largest absolute Gasteiger partial charge is 0.366 e. The zero-order valence-electron chi connectivity index (χ0n) is 14.4. The fraction of sp³-hybridized carbons (Fsp3) is 0.722. The van der Waals surface area contributed by atoms with Crippen molar-refractivity contribution in [2.24, 2.45) is 17.8 Å². The molecule has 0 saturated heterocycles. The summed E-state index contributed by atoms with van der Waals surface area (Å²) in [5.74, 6) is 0.0187. The lowest BCUT2D eigenvalue weighted by atomic mass is 9.75. The minimum absolute atomic E-state index is 0.00396. The van der Waals surface area contributed by atoms with E-state index >= 15 is 0 Å². The Kier molecular flexibility index (Phi) is 14.5. The summed E-state index contributed by atoms with van der Waals surface area (Å²) in [7, 11) is 0. The van der Waals surface area contributed by atoms with Gasteiger partial charge in [-0.2, -0.15) is 26.3 Å². The molecular formula is C18H23N5O2. The first kappa shape index (κ1) is 22.4. The Morgan fingerprint density at radius 1 is 0.560 bits per heavy atom. The zero-order chi connectivity index (χ0) is 18.8. The van der Waals surface area contributed by atoms with Gasteiger partial charge in [0, 0.05) is 19.3 Å². The first-order chi connectivity index (χ1) is 12.2. The molecule has 0 N–H and O–H groups in total. The first-order valence-electron chi connectivity index (χ1n) is 8.25. The van der Waals surface area contributed by atoms with Gasteiger partial charge in [0.25, 0.3) is 0 Å². The molecule has 0 aromatic heterocycles. The predicted octanol–water partition coefficient (Wildman–Crippen LogP) is 2.83. The van der Waals surface area contributed by atoms with Gasteiger partial charge in [0.2, 0.25) is 0 Å². The highest BCUT2D eigenvalue weighted by molar-refractivity contribution is 4.86. The topological polar surface area (TPSA) is 137 Å². The second-order valence-electron chi connectivity index (χ2n) is 5.62. The van der Waals surface area contributed by atoms with Crippen molar-refractivity contribution in [3.63, 3.8) is 0 Å². The number of hydrogen-bond acceptors (Lipinski definition) is 7. The lowest BCUT2D eigenvalue weighted by Crippen LogP contribution is -2.30. The number of nitriles is 5. The van der Waals surface area contributed by atoms with Gasteiger partial charge < -0.3 is 9.47 Å². The minimum atomic E-state index is -0.0260. The first-order valence-corrected chi connectivity index (χ1v) is 8.25. The van der Waals surface area contributed by atoms with Gasteiger partial charge in [-0.25, -0.2) is 0 Å². The number of hydrogen-bond donors (Lipinski definition) is 0. The summed E-state index contributed by atoms with van der Waals surface area (Å²) < 4.78 is 10.7. The van der Waals surface area contributed by atoms with Crippen molar-refractivity contribution in [1.82, 2.24) is 0 Å². The molecule has 0 spiro atoms. The number of ether oxygens (including phenoxy) is 2. The third kappa shape index (κ3) is 10.7.